The molecule has 1 fully saturated rings. The molecule has 2 rings (SSSR count). The fourth-order valence-electron chi connectivity index (χ4n) is 2.27. The predicted octanol–water partition coefficient (Wildman–Crippen LogP) is 2.12. The highest BCUT2D eigenvalue weighted by molar-refractivity contribution is 5.83. The Morgan fingerprint density at radius 2 is 1.94 bits per heavy atom. The molecule has 0 spiro atoms. The lowest BCUT2D eigenvalue weighted by molar-refractivity contribution is -0.122. The normalized spacial score (nSPS) is 19.8. The van der Waals surface area contributed by atoms with E-state index in [1.165, 1.54) is 0 Å². The van der Waals surface area contributed by atoms with Gasteiger partial charge in [0.1, 0.15) is 5.78 Å². The van der Waals surface area contributed by atoms with Gasteiger partial charge in [0.15, 0.2) is 11.5 Å². The second kappa shape index (κ2) is 5.29. The van der Waals surface area contributed by atoms with Crippen molar-refractivity contribution >= 4 is 11.5 Å². The third-order valence-corrected chi connectivity index (χ3v) is 3.40. The zero-order valence-electron chi connectivity index (χ0n) is 11.1. The quantitative estimate of drug-likeness (QED) is 0.822. The SMILES string of the molecule is COc1ccc(N2CCC(=O)C(C)C2)cc1OC. The number of methoxy groups -OCH3 is 2. The van der Waals surface area contributed by atoms with Crippen LogP contribution in [-0.4, -0.2) is 33.1 Å². The molecule has 0 N–H and O–H groups in total. The van der Waals surface area contributed by atoms with Crippen LogP contribution < -0.4 is 14.4 Å². The molecule has 0 amide bonds. The highest BCUT2D eigenvalue weighted by atomic mass is 16.5. The molecule has 1 aromatic carbocycles. The topological polar surface area (TPSA) is 38.8 Å². The minimum atomic E-state index is 0.104. The van der Waals surface area contributed by atoms with E-state index in [2.05, 4.69) is 4.90 Å². The molecule has 1 heterocycles. The smallest absolute Gasteiger partial charge is 0.162 e. The van der Waals surface area contributed by atoms with Crippen LogP contribution in [0, 0.1) is 5.92 Å². The van der Waals surface area contributed by atoms with Crippen molar-refractivity contribution in [3.63, 3.8) is 0 Å². The highest BCUT2D eigenvalue weighted by Crippen LogP contribution is 2.32. The van der Waals surface area contributed by atoms with Crippen molar-refractivity contribution in [2.45, 2.75) is 13.3 Å². The molecule has 18 heavy (non-hydrogen) atoms. The monoisotopic (exact) mass is 249 g/mol. The van der Waals surface area contributed by atoms with E-state index >= 15 is 0 Å². The average Bonchev–Trinajstić information content (AvgIpc) is 2.41. The lowest BCUT2D eigenvalue weighted by atomic mass is 9.98. The Bertz CT molecular complexity index is 445. The Hall–Kier alpha value is -1.71. The standard InChI is InChI=1S/C14H19NO3/c1-10-9-15(7-6-12(10)16)11-4-5-13(17-2)14(8-11)18-3/h4-5,8,10H,6-7,9H2,1-3H3. The summed E-state index contributed by atoms with van der Waals surface area (Å²) in [6.07, 6.45) is 0.621. The maximum absolute atomic E-state index is 11.5. The van der Waals surface area contributed by atoms with Gasteiger partial charge in [-0.05, 0) is 12.1 Å². The lowest BCUT2D eigenvalue weighted by Gasteiger charge is -2.32. The Labute approximate surface area is 107 Å². The van der Waals surface area contributed by atoms with E-state index in [0.29, 0.717) is 12.2 Å². The van der Waals surface area contributed by atoms with Gasteiger partial charge in [-0.15, -0.1) is 0 Å². The summed E-state index contributed by atoms with van der Waals surface area (Å²) in [7, 11) is 3.25. The van der Waals surface area contributed by atoms with Crippen molar-refractivity contribution in [3.05, 3.63) is 18.2 Å². The van der Waals surface area contributed by atoms with E-state index < -0.39 is 0 Å². The van der Waals surface area contributed by atoms with Gasteiger partial charge >= 0.3 is 0 Å². The number of Topliss-reactive ketones (excluding diaryl/α,β-unsaturated/α-hetero) is 1. The molecule has 98 valence electrons. The Kier molecular flexibility index (Phi) is 3.75. The van der Waals surface area contributed by atoms with Gasteiger partial charge in [0.05, 0.1) is 14.2 Å². The Balaban J connectivity index is 2.21. The molecule has 0 saturated carbocycles. The van der Waals surface area contributed by atoms with Gasteiger partial charge < -0.3 is 14.4 Å². The van der Waals surface area contributed by atoms with Crippen LogP contribution in [0.25, 0.3) is 0 Å². The molecule has 1 saturated heterocycles. The number of ether oxygens (including phenoxy) is 2. The molecule has 0 aliphatic carbocycles. The number of carbonyl (C=O) groups is 1. The number of carbonyl (C=O) groups excluding carboxylic acids is 1. The average molecular weight is 249 g/mol. The first kappa shape index (κ1) is 12.7. The van der Waals surface area contributed by atoms with Crippen LogP contribution >= 0.6 is 0 Å². The fourth-order valence-corrected chi connectivity index (χ4v) is 2.27. The summed E-state index contributed by atoms with van der Waals surface area (Å²) in [5.41, 5.74) is 1.08. The molecule has 1 aliphatic heterocycles. The molecule has 1 atom stereocenters. The van der Waals surface area contributed by atoms with Crippen LogP contribution in [0.3, 0.4) is 0 Å². The van der Waals surface area contributed by atoms with Crippen molar-refractivity contribution in [2.75, 3.05) is 32.2 Å². The number of hydrogen-bond acceptors (Lipinski definition) is 4. The first-order chi connectivity index (χ1) is 8.65. The molecular formula is C14H19NO3. The van der Waals surface area contributed by atoms with Crippen molar-refractivity contribution in [3.8, 4) is 11.5 Å². The van der Waals surface area contributed by atoms with Crippen molar-refractivity contribution < 1.29 is 14.3 Å². The minimum absolute atomic E-state index is 0.104. The van der Waals surface area contributed by atoms with E-state index in [4.69, 9.17) is 9.47 Å². The van der Waals surface area contributed by atoms with Crippen LogP contribution in [0.2, 0.25) is 0 Å². The summed E-state index contributed by atoms with van der Waals surface area (Å²) in [5, 5.41) is 0. The van der Waals surface area contributed by atoms with Crippen molar-refractivity contribution in [1.29, 1.82) is 0 Å². The second-order valence-corrected chi connectivity index (χ2v) is 4.60. The molecule has 4 heteroatoms. The zero-order valence-corrected chi connectivity index (χ0v) is 11.1. The molecular weight excluding hydrogens is 230 g/mol. The van der Waals surface area contributed by atoms with Gasteiger partial charge in [-0.2, -0.15) is 0 Å². The number of nitrogens with zero attached hydrogens (tertiary/aromatic N) is 1. The Morgan fingerprint density at radius 1 is 1.22 bits per heavy atom. The summed E-state index contributed by atoms with van der Waals surface area (Å²) in [5.74, 6) is 1.90. The third kappa shape index (κ3) is 2.42. The number of rotatable bonds is 3. The minimum Gasteiger partial charge on any atom is -0.493 e. The van der Waals surface area contributed by atoms with E-state index in [-0.39, 0.29) is 5.92 Å². The number of benzene rings is 1. The first-order valence-electron chi connectivity index (χ1n) is 6.15. The molecule has 0 bridgehead atoms. The predicted molar refractivity (Wildman–Crippen MR) is 70.5 cm³/mol. The van der Waals surface area contributed by atoms with Gasteiger partial charge in [-0.1, -0.05) is 6.92 Å². The lowest BCUT2D eigenvalue weighted by Crippen LogP contribution is -2.39. The van der Waals surface area contributed by atoms with Gasteiger partial charge in [0.25, 0.3) is 0 Å². The van der Waals surface area contributed by atoms with Crippen LogP contribution in [0.5, 0.6) is 11.5 Å². The number of ketones is 1. The van der Waals surface area contributed by atoms with Crippen LogP contribution in [0.1, 0.15) is 13.3 Å². The Morgan fingerprint density at radius 3 is 2.56 bits per heavy atom. The van der Waals surface area contributed by atoms with Crippen LogP contribution in [0.15, 0.2) is 18.2 Å². The van der Waals surface area contributed by atoms with E-state index in [1.807, 2.05) is 25.1 Å². The summed E-state index contributed by atoms with van der Waals surface area (Å²) in [6, 6.07) is 5.86. The molecule has 1 aliphatic rings. The maximum Gasteiger partial charge on any atom is 0.162 e. The third-order valence-electron chi connectivity index (χ3n) is 3.40. The maximum atomic E-state index is 11.5. The fraction of sp³-hybridized carbons (Fsp3) is 0.500. The zero-order chi connectivity index (χ0) is 13.1. The van der Waals surface area contributed by atoms with Crippen molar-refractivity contribution in [1.82, 2.24) is 0 Å². The van der Waals surface area contributed by atoms with Crippen molar-refractivity contribution in [2.24, 2.45) is 5.92 Å². The van der Waals surface area contributed by atoms with Gasteiger partial charge in [0.2, 0.25) is 0 Å². The number of piperidine rings is 1. The number of hydrogen-bond donors (Lipinski definition) is 0. The van der Waals surface area contributed by atoms with Gasteiger partial charge in [-0.25, -0.2) is 0 Å². The van der Waals surface area contributed by atoms with E-state index in [0.717, 1.165) is 30.3 Å². The number of anilines is 1. The highest BCUT2D eigenvalue weighted by Gasteiger charge is 2.24. The van der Waals surface area contributed by atoms with Crippen LogP contribution in [0.4, 0.5) is 5.69 Å². The van der Waals surface area contributed by atoms with Gasteiger partial charge in [-0.3, -0.25) is 4.79 Å². The van der Waals surface area contributed by atoms with E-state index in [9.17, 15) is 4.79 Å². The summed E-state index contributed by atoms with van der Waals surface area (Å²) >= 11 is 0. The second-order valence-electron chi connectivity index (χ2n) is 4.60. The van der Waals surface area contributed by atoms with Crippen LogP contribution in [-0.2, 0) is 4.79 Å². The molecule has 0 aromatic heterocycles. The first-order valence-corrected chi connectivity index (χ1v) is 6.15. The molecule has 4 nitrogen and oxygen atoms in total. The molecule has 0 radical (unpaired) electrons. The van der Waals surface area contributed by atoms with Gasteiger partial charge in [0, 0.05) is 37.2 Å². The molecule has 1 unspecified atom stereocenters. The van der Waals surface area contributed by atoms with E-state index in [1.54, 1.807) is 14.2 Å². The largest absolute Gasteiger partial charge is 0.493 e. The summed E-state index contributed by atoms with van der Waals surface area (Å²) < 4.78 is 10.5. The summed E-state index contributed by atoms with van der Waals surface area (Å²) in [4.78, 5) is 13.7. The summed E-state index contributed by atoms with van der Waals surface area (Å²) in [6.45, 7) is 3.53. The molecule has 1 aromatic rings.